The molecular formula is C25H29N7O. The molecule has 5 rings (SSSR count). The van der Waals surface area contributed by atoms with Crippen molar-refractivity contribution < 1.29 is 4.74 Å². The molecule has 1 saturated carbocycles. The average molecular weight is 444 g/mol. The van der Waals surface area contributed by atoms with Gasteiger partial charge in [-0.15, -0.1) is 0 Å². The van der Waals surface area contributed by atoms with Crippen LogP contribution in [0.5, 0.6) is 5.75 Å². The summed E-state index contributed by atoms with van der Waals surface area (Å²) >= 11 is 0. The second-order valence-electron chi connectivity index (χ2n) is 8.62. The van der Waals surface area contributed by atoms with Crippen LogP contribution in [0.25, 0.3) is 22.0 Å². The highest BCUT2D eigenvalue weighted by Gasteiger charge is 2.15. The van der Waals surface area contributed by atoms with Gasteiger partial charge in [0, 0.05) is 43.1 Å². The number of aryl methyl sites for hydroxylation is 1. The lowest BCUT2D eigenvalue weighted by atomic mass is 9.89. The maximum atomic E-state index is 5.63. The third-order valence-corrected chi connectivity index (χ3v) is 6.27. The number of aromatic nitrogens is 5. The fourth-order valence-corrected chi connectivity index (χ4v) is 4.44. The van der Waals surface area contributed by atoms with Crippen LogP contribution in [0.2, 0.25) is 0 Å². The Kier molecular flexibility index (Phi) is 6.06. The van der Waals surface area contributed by atoms with E-state index in [2.05, 4.69) is 25.7 Å². The van der Waals surface area contributed by atoms with Crippen molar-refractivity contribution in [2.45, 2.75) is 32.1 Å². The molecule has 3 heterocycles. The Hall–Kier alpha value is -3.68. The van der Waals surface area contributed by atoms with Crippen LogP contribution in [-0.2, 0) is 7.05 Å². The van der Waals surface area contributed by atoms with Crippen LogP contribution in [0.4, 0.5) is 17.5 Å². The summed E-state index contributed by atoms with van der Waals surface area (Å²) in [6.07, 6.45) is 14.0. The second kappa shape index (κ2) is 9.44. The first-order valence-corrected chi connectivity index (χ1v) is 11.5. The maximum Gasteiger partial charge on any atom is 0.227 e. The number of rotatable bonds is 7. The number of ether oxygens (including phenoxy) is 1. The van der Waals surface area contributed by atoms with Crippen LogP contribution >= 0.6 is 0 Å². The highest BCUT2D eigenvalue weighted by Crippen LogP contribution is 2.32. The topological polar surface area (TPSA) is 89.8 Å². The Bertz CT molecular complexity index is 1250. The Labute approximate surface area is 193 Å². The molecule has 0 radical (unpaired) electrons. The minimum Gasteiger partial charge on any atom is -0.495 e. The number of nitrogens with zero attached hydrogens (tertiary/aromatic N) is 5. The Morgan fingerprint density at radius 2 is 1.94 bits per heavy atom. The third-order valence-electron chi connectivity index (χ3n) is 6.27. The predicted molar refractivity (Wildman–Crippen MR) is 131 cm³/mol. The first-order chi connectivity index (χ1) is 16.2. The lowest BCUT2D eigenvalue weighted by molar-refractivity contribution is 0.373. The standard InChI is InChI=1S/C25H29N7O/c1-32-16-20(15-29-32)18-8-9-21(22(12-18)33-2)30-25-28-14-19-10-11-26-24(23(19)31-25)27-13-17-6-4-3-5-7-17/h8-12,14-17H,3-7,13H2,1-2H3,(H,26,27)(H,28,30,31). The monoisotopic (exact) mass is 443 g/mol. The molecule has 8 nitrogen and oxygen atoms in total. The normalized spacial score (nSPS) is 14.4. The highest BCUT2D eigenvalue weighted by atomic mass is 16.5. The number of pyridine rings is 1. The van der Waals surface area contributed by atoms with E-state index >= 15 is 0 Å². The summed E-state index contributed by atoms with van der Waals surface area (Å²) in [4.78, 5) is 13.8. The Balaban J connectivity index is 1.38. The Morgan fingerprint density at radius 1 is 1.06 bits per heavy atom. The zero-order chi connectivity index (χ0) is 22.6. The van der Waals surface area contributed by atoms with Crippen molar-refractivity contribution in [1.82, 2.24) is 24.7 Å². The van der Waals surface area contributed by atoms with E-state index in [0.717, 1.165) is 40.1 Å². The molecule has 2 N–H and O–H groups in total. The maximum absolute atomic E-state index is 5.63. The van der Waals surface area contributed by atoms with Gasteiger partial charge in [-0.05, 0) is 42.5 Å². The zero-order valence-electron chi connectivity index (χ0n) is 19.1. The molecule has 0 aliphatic heterocycles. The second-order valence-corrected chi connectivity index (χ2v) is 8.62. The number of methoxy groups -OCH3 is 1. The quantitative estimate of drug-likeness (QED) is 0.407. The molecule has 0 bridgehead atoms. The molecule has 1 fully saturated rings. The zero-order valence-corrected chi connectivity index (χ0v) is 19.1. The van der Waals surface area contributed by atoms with Gasteiger partial charge < -0.3 is 15.4 Å². The van der Waals surface area contributed by atoms with Crippen LogP contribution in [0.1, 0.15) is 32.1 Å². The van der Waals surface area contributed by atoms with Gasteiger partial charge in [-0.1, -0.05) is 25.3 Å². The van der Waals surface area contributed by atoms with E-state index in [-0.39, 0.29) is 0 Å². The van der Waals surface area contributed by atoms with Gasteiger partial charge in [-0.25, -0.2) is 15.0 Å². The van der Waals surface area contributed by atoms with Gasteiger partial charge >= 0.3 is 0 Å². The highest BCUT2D eigenvalue weighted by molar-refractivity contribution is 5.88. The molecular weight excluding hydrogens is 414 g/mol. The van der Waals surface area contributed by atoms with Crippen molar-refractivity contribution in [3.8, 4) is 16.9 Å². The van der Waals surface area contributed by atoms with Gasteiger partial charge in [0.2, 0.25) is 5.95 Å². The summed E-state index contributed by atoms with van der Waals surface area (Å²) in [5.74, 6) is 2.73. The van der Waals surface area contributed by atoms with Crippen LogP contribution in [0, 0.1) is 5.92 Å². The fraction of sp³-hybridized carbons (Fsp3) is 0.360. The van der Waals surface area contributed by atoms with Crippen LogP contribution < -0.4 is 15.4 Å². The lowest BCUT2D eigenvalue weighted by Crippen LogP contribution is -2.18. The van der Waals surface area contributed by atoms with E-state index in [4.69, 9.17) is 9.72 Å². The summed E-state index contributed by atoms with van der Waals surface area (Å²) in [5.41, 5.74) is 3.68. The van der Waals surface area contributed by atoms with Gasteiger partial charge in [-0.2, -0.15) is 5.10 Å². The van der Waals surface area contributed by atoms with Crippen molar-refractivity contribution in [3.05, 3.63) is 49.1 Å². The minimum absolute atomic E-state index is 0.503. The van der Waals surface area contributed by atoms with Gasteiger partial charge in [0.15, 0.2) is 5.82 Å². The minimum atomic E-state index is 0.503. The largest absolute Gasteiger partial charge is 0.495 e. The van der Waals surface area contributed by atoms with Crippen molar-refractivity contribution in [2.24, 2.45) is 13.0 Å². The van der Waals surface area contributed by atoms with Crippen LogP contribution in [0.3, 0.4) is 0 Å². The first kappa shape index (κ1) is 21.2. The molecule has 4 aromatic rings. The van der Waals surface area contributed by atoms with Gasteiger partial charge in [-0.3, -0.25) is 4.68 Å². The molecule has 0 saturated heterocycles. The summed E-state index contributed by atoms with van der Waals surface area (Å²) < 4.78 is 7.42. The van der Waals surface area contributed by atoms with E-state index < -0.39 is 0 Å². The summed E-state index contributed by atoms with van der Waals surface area (Å²) in [6.45, 7) is 0.933. The smallest absolute Gasteiger partial charge is 0.227 e. The third kappa shape index (κ3) is 4.74. The summed E-state index contributed by atoms with van der Waals surface area (Å²) in [6, 6.07) is 7.93. The molecule has 0 atom stereocenters. The van der Waals surface area contributed by atoms with E-state index in [9.17, 15) is 0 Å². The lowest BCUT2D eigenvalue weighted by Gasteiger charge is -2.22. The summed E-state index contributed by atoms with van der Waals surface area (Å²) in [7, 11) is 3.56. The van der Waals surface area contributed by atoms with E-state index in [1.807, 2.05) is 56.1 Å². The van der Waals surface area contributed by atoms with Crippen LogP contribution in [0.15, 0.2) is 49.1 Å². The number of anilines is 3. The molecule has 3 aromatic heterocycles. The fourth-order valence-electron chi connectivity index (χ4n) is 4.44. The molecule has 1 aliphatic rings. The van der Waals surface area contributed by atoms with Gasteiger partial charge in [0.25, 0.3) is 0 Å². The Morgan fingerprint density at radius 3 is 2.73 bits per heavy atom. The van der Waals surface area contributed by atoms with Crippen molar-refractivity contribution in [1.29, 1.82) is 0 Å². The van der Waals surface area contributed by atoms with Crippen molar-refractivity contribution in [3.63, 3.8) is 0 Å². The number of benzene rings is 1. The van der Waals surface area contributed by atoms with Crippen molar-refractivity contribution >= 4 is 28.4 Å². The molecule has 0 unspecified atom stereocenters. The predicted octanol–water partition coefficient (Wildman–Crippen LogP) is 5.17. The molecule has 1 aliphatic carbocycles. The van der Waals surface area contributed by atoms with E-state index in [0.29, 0.717) is 17.6 Å². The van der Waals surface area contributed by atoms with Gasteiger partial charge in [0.1, 0.15) is 11.3 Å². The molecule has 33 heavy (non-hydrogen) atoms. The van der Waals surface area contributed by atoms with Gasteiger partial charge in [0.05, 0.1) is 19.0 Å². The first-order valence-electron chi connectivity index (χ1n) is 11.5. The number of hydrogen-bond donors (Lipinski definition) is 2. The molecule has 8 heteroatoms. The number of hydrogen-bond acceptors (Lipinski definition) is 7. The average Bonchev–Trinajstić information content (AvgIpc) is 3.30. The van der Waals surface area contributed by atoms with Crippen molar-refractivity contribution in [2.75, 3.05) is 24.3 Å². The molecule has 1 aromatic carbocycles. The summed E-state index contributed by atoms with van der Waals surface area (Å²) in [5, 5.41) is 12.1. The number of fused-ring (bicyclic) bond motifs is 1. The van der Waals surface area contributed by atoms with E-state index in [1.54, 1.807) is 11.8 Å². The molecule has 170 valence electrons. The van der Waals surface area contributed by atoms with E-state index in [1.165, 1.54) is 32.1 Å². The number of nitrogens with one attached hydrogen (secondary N) is 2. The SMILES string of the molecule is COc1cc(-c2cnn(C)c2)ccc1Nc1ncc2ccnc(NCC3CCCCC3)c2n1. The molecule has 0 spiro atoms. The van der Waals surface area contributed by atoms with Crippen LogP contribution in [-0.4, -0.2) is 38.4 Å². The molecule has 0 amide bonds.